The number of carbonyl (C=O) groups is 1. The second kappa shape index (κ2) is 8.58. The first kappa shape index (κ1) is 22.7. The predicted molar refractivity (Wildman–Crippen MR) is 129 cm³/mol. The van der Waals surface area contributed by atoms with Crippen molar-refractivity contribution in [3.8, 4) is 11.5 Å². The fourth-order valence-electron chi connectivity index (χ4n) is 4.74. The van der Waals surface area contributed by atoms with Crippen molar-refractivity contribution in [3.05, 3.63) is 104 Å². The quantitative estimate of drug-likeness (QED) is 0.420. The summed E-state index contributed by atoms with van der Waals surface area (Å²) in [5.74, 6) is -0.603. The van der Waals surface area contributed by atoms with Gasteiger partial charge in [-0.05, 0) is 73.4 Å². The summed E-state index contributed by atoms with van der Waals surface area (Å²) < 4.78 is 25.1. The molecule has 6 nitrogen and oxygen atoms in total. The van der Waals surface area contributed by atoms with Gasteiger partial charge in [0.25, 0.3) is 5.91 Å². The van der Waals surface area contributed by atoms with Crippen molar-refractivity contribution in [2.45, 2.75) is 33.4 Å². The first-order chi connectivity index (χ1) is 16.8. The Labute approximate surface area is 201 Å². The van der Waals surface area contributed by atoms with Gasteiger partial charge >= 0.3 is 0 Å². The number of hydrogen-bond donors (Lipinski definition) is 1. The van der Waals surface area contributed by atoms with Gasteiger partial charge in [-0.3, -0.25) is 9.59 Å². The topological polar surface area (TPSA) is 80.0 Å². The monoisotopic (exact) mass is 473 g/mol. The van der Waals surface area contributed by atoms with Gasteiger partial charge in [0.15, 0.2) is 16.9 Å². The van der Waals surface area contributed by atoms with E-state index in [1.54, 1.807) is 37.3 Å². The Balaban J connectivity index is 1.74. The number of ether oxygens (including phenoxy) is 1. The van der Waals surface area contributed by atoms with Crippen molar-refractivity contribution in [2.24, 2.45) is 0 Å². The van der Waals surface area contributed by atoms with Crippen LogP contribution in [0.15, 0.2) is 63.8 Å². The highest BCUT2D eigenvalue weighted by molar-refractivity contribution is 5.99. The number of phenolic OH excluding ortho intramolecular Hbond substituents is 1. The van der Waals surface area contributed by atoms with Crippen LogP contribution in [0, 0.1) is 19.7 Å². The summed E-state index contributed by atoms with van der Waals surface area (Å²) in [5, 5.41) is 10.6. The average molecular weight is 474 g/mol. The maximum absolute atomic E-state index is 13.8. The van der Waals surface area contributed by atoms with E-state index in [2.05, 4.69) is 0 Å². The average Bonchev–Trinajstić information content (AvgIpc) is 3.10. The van der Waals surface area contributed by atoms with E-state index in [0.29, 0.717) is 28.7 Å². The van der Waals surface area contributed by atoms with Crippen molar-refractivity contribution in [1.82, 2.24) is 4.90 Å². The lowest BCUT2D eigenvalue weighted by Crippen LogP contribution is -2.29. The molecule has 1 amide bonds. The predicted octanol–water partition coefficient (Wildman–Crippen LogP) is 5.40. The number of rotatable bonds is 5. The lowest BCUT2D eigenvalue weighted by atomic mass is 9.97. The molecule has 5 rings (SSSR count). The number of aryl methyl sites for hydroxylation is 2. The number of benzene rings is 3. The van der Waals surface area contributed by atoms with Crippen LogP contribution < -0.4 is 10.2 Å². The highest BCUT2D eigenvalue weighted by Crippen LogP contribution is 2.41. The van der Waals surface area contributed by atoms with Gasteiger partial charge in [0, 0.05) is 6.54 Å². The number of phenols is 1. The standard InChI is InChI=1S/C28H24FNO5/c1-4-34-22-13-18(7-10-21(22)31)24-23-25(32)20-12-15(2)11-16(3)26(20)35-27(23)28(33)30(24)14-17-5-8-19(29)9-6-17/h5-13,24,31H,4,14H2,1-3H3/t24-/m0/s1. The van der Waals surface area contributed by atoms with Crippen LogP contribution in [0.3, 0.4) is 0 Å². The summed E-state index contributed by atoms with van der Waals surface area (Å²) in [7, 11) is 0. The highest BCUT2D eigenvalue weighted by atomic mass is 19.1. The van der Waals surface area contributed by atoms with Gasteiger partial charge in [-0.1, -0.05) is 24.3 Å². The van der Waals surface area contributed by atoms with Crippen molar-refractivity contribution in [1.29, 1.82) is 0 Å². The Hall–Kier alpha value is -4.13. The van der Waals surface area contributed by atoms with Crippen LogP contribution in [-0.2, 0) is 6.54 Å². The van der Waals surface area contributed by atoms with Crippen molar-refractivity contribution >= 4 is 16.9 Å². The van der Waals surface area contributed by atoms with Crippen LogP contribution in [0.4, 0.5) is 4.39 Å². The van der Waals surface area contributed by atoms with Crippen LogP contribution in [-0.4, -0.2) is 22.5 Å². The Morgan fingerprint density at radius 2 is 1.80 bits per heavy atom. The van der Waals surface area contributed by atoms with E-state index >= 15 is 0 Å². The number of fused-ring (bicyclic) bond motifs is 2. The summed E-state index contributed by atoms with van der Waals surface area (Å²) >= 11 is 0. The van der Waals surface area contributed by atoms with Crippen LogP contribution in [0.5, 0.6) is 11.5 Å². The van der Waals surface area contributed by atoms with E-state index < -0.39 is 11.9 Å². The Kier molecular flexibility index (Phi) is 5.55. The summed E-state index contributed by atoms with van der Waals surface area (Å²) in [6, 6.07) is 13.5. The van der Waals surface area contributed by atoms with Gasteiger partial charge < -0.3 is 19.2 Å². The molecule has 0 saturated carbocycles. The zero-order valence-electron chi connectivity index (χ0n) is 19.6. The smallest absolute Gasteiger partial charge is 0.291 e. The molecule has 2 heterocycles. The summed E-state index contributed by atoms with van der Waals surface area (Å²) in [6.45, 7) is 6.00. The van der Waals surface area contributed by atoms with Gasteiger partial charge in [-0.2, -0.15) is 0 Å². The second-order valence-corrected chi connectivity index (χ2v) is 8.75. The van der Waals surface area contributed by atoms with E-state index in [0.717, 1.165) is 11.1 Å². The van der Waals surface area contributed by atoms with Crippen molar-refractivity contribution in [2.75, 3.05) is 6.61 Å². The maximum Gasteiger partial charge on any atom is 0.291 e. The molecule has 0 saturated heterocycles. The number of amides is 1. The minimum Gasteiger partial charge on any atom is -0.504 e. The van der Waals surface area contributed by atoms with E-state index in [-0.39, 0.29) is 40.6 Å². The summed E-state index contributed by atoms with van der Waals surface area (Å²) in [5.41, 5.74) is 3.32. The van der Waals surface area contributed by atoms with Gasteiger partial charge in [0.1, 0.15) is 11.4 Å². The third-order valence-corrected chi connectivity index (χ3v) is 6.26. The first-order valence-corrected chi connectivity index (χ1v) is 11.4. The van der Waals surface area contributed by atoms with Gasteiger partial charge in [0.05, 0.1) is 23.6 Å². The lowest BCUT2D eigenvalue weighted by molar-refractivity contribution is 0.0714. The molecular formula is C28H24FNO5. The first-order valence-electron chi connectivity index (χ1n) is 11.4. The van der Waals surface area contributed by atoms with Crippen LogP contribution in [0.25, 0.3) is 11.0 Å². The molecule has 4 aromatic rings. The SMILES string of the molecule is CCOc1cc([C@H]2c3c(oc4c(C)cc(C)cc4c3=O)C(=O)N2Cc2ccc(F)cc2)ccc1O. The maximum atomic E-state index is 13.8. The molecular weight excluding hydrogens is 449 g/mol. The molecule has 0 spiro atoms. The zero-order valence-corrected chi connectivity index (χ0v) is 19.6. The number of halogens is 1. The van der Waals surface area contributed by atoms with E-state index in [1.807, 2.05) is 19.9 Å². The van der Waals surface area contributed by atoms with Crippen LogP contribution >= 0.6 is 0 Å². The molecule has 0 bridgehead atoms. The minimum absolute atomic E-state index is 0.00685. The minimum atomic E-state index is -0.774. The van der Waals surface area contributed by atoms with Gasteiger partial charge in [0.2, 0.25) is 5.76 Å². The Morgan fingerprint density at radius 1 is 1.06 bits per heavy atom. The molecule has 7 heteroatoms. The normalized spacial score (nSPS) is 15.0. The number of hydrogen-bond acceptors (Lipinski definition) is 5. The Morgan fingerprint density at radius 3 is 2.51 bits per heavy atom. The molecule has 0 radical (unpaired) electrons. The fraction of sp³-hybridized carbons (Fsp3) is 0.214. The highest BCUT2D eigenvalue weighted by Gasteiger charge is 2.43. The van der Waals surface area contributed by atoms with Crippen molar-refractivity contribution < 1.29 is 23.4 Å². The second-order valence-electron chi connectivity index (χ2n) is 8.75. The molecule has 1 N–H and O–H groups in total. The van der Waals surface area contributed by atoms with E-state index in [1.165, 1.54) is 23.1 Å². The molecule has 178 valence electrons. The fourth-order valence-corrected chi connectivity index (χ4v) is 4.74. The Bertz CT molecular complexity index is 1520. The largest absolute Gasteiger partial charge is 0.504 e. The van der Waals surface area contributed by atoms with Crippen LogP contribution in [0.2, 0.25) is 0 Å². The zero-order chi connectivity index (χ0) is 24.9. The van der Waals surface area contributed by atoms with E-state index in [9.17, 15) is 19.1 Å². The van der Waals surface area contributed by atoms with Gasteiger partial charge in [-0.25, -0.2) is 4.39 Å². The van der Waals surface area contributed by atoms with Gasteiger partial charge in [-0.15, -0.1) is 0 Å². The molecule has 35 heavy (non-hydrogen) atoms. The third kappa shape index (κ3) is 3.83. The molecule has 0 unspecified atom stereocenters. The third-order valence-electron chi connectivity index (χ3n) is 6.26. The van der Waals surface area contributed by atoms with E-state index in [4.69, 9.17) is 9.15 Å². The van der Waals surface area contributed by atoms with Crippen molar-refractivity contribution in [3.63, 3.8) is 0 Å². The lowest BCUT2D eigenvalue weighted by Gasteiger charge is -2.25. The number of aromatic hydroxyl groups is 1. The molecule has 1 aliphatic rings. The molecule has 1 atom stereocenters. The molecule has 0 fully saturated rings. The molecule has 1 aromatic heterocycles. The van der Waals surface area contributed by atoms with Crippen LogP contribution in [0.1, 0.15) is 51.3 Å². The number of nitrogens with zero attached hydrogens (tertiary/aromatic N) is 1. The molecule has 3 aromatic carbocycles. The molecule has 0 aliphatic carbocycles. The summed E-state index contributed by atoms with van der Waals surface area (Å²) in [4.78, 5) is 29.0. The molecule has 1 aliphatic heterocycles. The number of carbonyl (C=O) groups excluding carboxylic acids is 1. The summed E-state index contributed by atoms with van der Waals surface area (Å²) in [6.07, 6.45) is 0.